The highest BCUT2D eigenvalue weighted by Gasteiger charge is 2.25. The van der Waals surface area contributed by atoms with Crippen LogP contribution in [0, 0.1) is 19.8 Å². The second kappa shape index (κ2) is 6.27. The summed E-state index contributed by atoms with van der Waals surface area (Å²) in [6, 6.07) is 4.24. The van der Waals surface area contributed by atoms with E-state index in [-0.39, 0.29) is 5.92 Å². The highest BCUT2D eigenvalue weighted by Crippen LogP contribution is 2.28. The van der Waals surface area contributed by atoms with E-state index in [4.69, 9.17) is 9.84 Å². The van der Waals surface area contributed by atoms with Gasteiger partial charge in [-0.05, 0) is 38.8 Å². The first-order valence-corrected chi connectivity index (χ1v) is 7.10. The number of hydrogen-bond donors (Lipinski definition) is 1. The summed E-state index contributed by atoms with van der Waals surface area (Å²) >= 11 is 0. The van der Waals surface area contributed by atoms with Crippen LogP contribution in [0.25, 0.3) is 0 Å². The van der Waals surface area contributed by atoms with E-state index in [2.05, 4.69) is 24.0 Å². The van der Waals surface area contributed by atoms with Crippen molar-refractivity contribution >= 4 is 5.97 Å². The average molecular weight is 277 g/mol. The number of carboxylic acid groups (broad SMARTS) is 1. The van der Waals surface area contributed by atoms with Crippen molar-refractivity contribution in [3.05, 3.63) is 28.8 Å². The second-order valence-electron chi connectivity index (χ2n) is 5.69. The maximum Gasteiger partial charge on any atom is 0.307 e. The fourth-order valence-electron chi connectivity index (χ4n) is 3.09. The molecule has 1 aromatic carbocycles. The topological polar surface area (TPSA) is 49.8 Å². The summed E-state index contributed by atoms with van der Waals surface area (Å²) in [6.45, 7) is 6.47. The van der Waals surface area contributed by atoms with Crippen LogP contribution in [0.5, 0.6) is 5.75 Å². The molecule has 2 rings (SSSR count). The third kappa shape index (κ3) is 3.31. The van der Waals surface area contributed by atoms with Gasteiger partial charge in [0.15, 0.2) is 0 Å². The van der Waals surface area contributed by atoms with Crippen LogP contribution in [0.1, 0.15) is 29.5 Å². The number of carbonyl (C=O) groups is 1. The molecule has 1 aromatic rings. The number of hydrogen-bond acceptors (Lipinski definition) is 3. The van der Waals surface area contributed by atoms with Crippen molar-refractivity contribution in [3.8, 4) is 5.75 Å². The van der Waals surface area contributed by atoms with Gasteiger partial charge < -0.3 is 9.84 Å². The molecule has 0 spiro atoms. The lowest BCUT2D eigenvalue weighted by Crippen LogP contribution is -2.38. The number of carboxylic acids is 1. The van der Waals surface area contributed by atoms with E-state index in [9.17, 15) is 4.79 Å². The van der Waals surface area contributed by atoms with Gasteiger partial charge in [0, 0.05) is 18.7 Å². The Bertz CT molecular complexity index is 499. The lowest BCUT2D eigenvalue weighted by atomic mass is 9.97. The van der Waals surface area contributed by atoms with Crippen molar-refractivity contribution in [3.63, 3.8) is 0 Å². The molecule has 1 fully saturated rings. The first-order valence-electron chi connectivity index (χ1n) is 7.10. The molecule has 0 bridgehead atoms. The standard InChI is InChI=1S/C16H23NO3/c1-11-7-12(2)15(20-3)14(8-11)10-17-6-4-5-13(9-17)16(18)19/h7-8,13H,4-6,9-10H2,1-3H3,(H,18,19). The molecule has 20 heavy (non-hydrogen) atoms. The van der Waals surface area contributed by atoms with Gasteiger partial charge in [-0.25, -0.2) is 0 Å². The number of rotatable bonds is 4. The van der Waals surface area contributed by atoms with Gasteiger partial charge in [0.25, 0.3) is 0 Å². The third-order valence-corrected chi connectivity index (χ3v) is 3.95. The highest BCUT2D eigenvalue weighted by atomic mass is 16.5. The number of ether oxygens (including phenoxy) is 1. The largest absolute Gasteiger partial charge is 0.496 e. The van der Waals surface area contributed by atoms with Gasteiger partial charge in [-0.1, -0.05) is 17.7 Å². The van der Waals surface area contributed by atoms with Gasteiger partial charge in [0.1, 0.15) is 5.75 Å². The van der Waals surface area contributed by atoms with Gasteiger partial charge >= 0.3 is 5.97 Å². The molecule has 1 saturated heterocycles. The zero-order valence-electron chi connectivity index (χ0n) is 12.5. The maximum absolute atomic E-state index is 11.1. The average Bonchev–Trinajstić information content (AvgIpc) is 2.38. The predicted octanol–water partition coefficient (Wildman–Crippen LogP) is 2.61. The number of aliphatic carboxylic acids is 1. The molecule has 4 heteroatoms. The Kier molecular flexibility index (Phi) is 4.65. The SMILES string of the molecule is COc1c(C)cc(C)cc1CN1CCCC(C(=O)O)C1. The van der Waals surface area contributed by atoms with Crippen LogP contribution in [0.3, 0.4) is 0 Å². The van der Waals surface area contributed by atoms with Gasteiger partial charge in [-0.15, -0.1) is 0 Å². The lowest BCUT2D eigenvalue weighted by Gasteiger charge is -2.31. The summed E-state index contributed by atoms with van der Waals surface area (Å²) in [5.74, 6) is 0.00999. The van der Waals surface area contributed by atoms with E-state index in [1.165, 1.54) is 5.56 Å². The van der Waals surface area contributed by atoms with Gasteiger partial charge in [0.2, 0.25) is 0 Å². The van der Waals surface area contributed by atoms with Crippen LogP contribution >= 0.6 is 0 Å². The van der Waals surface area contributed by atoms with E-state index in [0.29, 0.717) is 6.54 Å². The Labute approximate surface area is 120 Å². The zero-order valence-corrected chi connectivity index (χ0v) is 12.5. The summed E-state index contributed by atoms with van der Waals surface area (Å²) in [6.07, 6.45) is 1.74. The van der Waals surface area contributed by atoms with Crippen LogP contribution in [0.4, 0.5) is 0 Å². The van der Waals surface area contributed by atoms with Crippen LogP contribution in [0.15, 0.2) is 12.1 Å². The molecule has 1 aliphatic heterocycles. The quantitative estimate of drug-likeness (QED) is 0.919. The maximum atomic E-state index is 11.1. The Morgan fingerprint density at radius 1 is 1.45 bits per heavy atom. The van der Waals surface area contributed by atoms with E-state index >= 15 is 0 Å². The summed E-state index contributed by atoms with van der Waals surface area (Å²) < 4.78 is 5.50. The van der Waals surface area contributed by atoms with Gasteiger partial charge in [-0.2, -0.15) is 0 Å². The number of benzene rings is 1. The molecule has 4 nitrogen and oxygen atoms in total. The molecular weight excluding hydrogens is 254 g/mol. The second-order valence-corrected chi connectivity index (χ2v) is 5.69. The fraction of sp³-hybridized carbons (Fsp3) is 0.562. The molecule has 1 unspecified atom stereocenters. The van der Waals surface area contributed by atoms with E-state index in [0.717, 1.165) is 42.8 Å². The third-order valence-electron chi connectivity index (χ3n) is 3.95. The minimum absolute atomic E-state index is 0.236. The molecule has 1 atom stereocenters. The van der Waals surface area contributed by atoms with Gasteiger partial charge in [0.05, 0.1) is 13.0 Å². The smallest absolute Gasteiger partial charge is 0.307 e. The van der Waals surface area contributed by atoms with Crippen LogP contribution in [0.2, 0.25) is 0 Å². The summed E-state index contributed by atoms with van der Waals surface area (Å²) in [7, 11) is 1.69. The fourth-order valence-corrected chi connectivity index (χ4v) is 3.09. The van der Waals surface area contributed by atoms with Crippen molar-refractivity contribution in [2.75, 3.05) is 20.2 Å². The van der Waals surface area contributed by atoms with Crippen LogP contribution < -0.4 is 4.74 Å². The highest BCUT2D eigenvalue weighted by molar-refractivity contribution is 5.70. The number of likely N-dealkylation sites (tertiary alicyclic amines) is 1. The summed E-state index contributed by atoms with van der Waals surface area (Å²) in [5, 5.41) is 9.16. The number of nitrogens with zero attached hydrogens (tertiary/aromatic N) is 1. The normalized spacial score (nSPS) is 19.9. The molecule has 1 aliphatic rings. The first-order chi connectivity index (χ1) is 9.51. The zero-order chi connectivity index (χ0) is 14.7. The van der Waals surface area contributed by atoms with Crippen molar-refractivity contribution in [2.45, 2.75) is 33.2 Å². The Morgan fingerprint density at radius 2 is 2.20 bits per heavy atom. The minimum atomic E-state index is -0.679. The first kappa shape index (κ1) is 14.9. The lowest BCUT2D eigenvalue weighted by molar-refractivity contribution is -0.143. The van der Waals surface area contributed by atoms with Crippen molar-refractivity contribution in [1.29, 1.82) is 0 Å². The van der Waals surface area contributed by atoms with E-state index < -0.39 is 5.97 Å². The molecular formula is C16H23NO3. The molecule has 0 amide bonds. The Hall–Kier alpha value is -1.55. The molecule has 0 radical (unpaired) electrons. The number of aryl methyl sites for hydroxylation is 2. The Morgan fingerprint density at radius 3 is 2.85 bits per heavy atom. The van der Waals surface area contributed by atoms with Crippen LogP contribution in [-0.4, -0.2) is 36.2 Å². The van der Waals surface area contributed by atoms with Crippen molar-refractivity contribution in [1.82, 2.24) is 4.90 Å². The number of piperidine rings is 1. The van der Waals surface area contributed by atoms with E-state index in [1.807, 2.05) is 6.92 Å². The van der Waals surface area contributed by atoms with Crippen LogP contribution in [-0.2, 0) is 11.3 Å². The molecule has 0 saturated carbocycles. The molecule has 1 N–H and O–H groups in total. The number of methoxy groups -OCH3 is 1. The predicted molar refractivity (Wildman–Crippen MR) is 78.1 cm³/mol. The van der Waals surface area contributed by atoms with E-state index in [1.54, 1.807) is 7.11 Å². The summed E-state index contributed by atoms with van der Waals surface area (Å²) in [5.41, 5.74) is 3.50. The van der Waals surface area contributed by atoms with Crippen molar-refractivity contribution in [2.24, 2.45) is 5.92 Å². The molecule has 110 valence electrons. The molecule has 1 heterocycles. The Balaban J connectivity index is 2.15. The van der Waals surface area contributed by atoms with Gasteiger partial charge in [-0.3, -0.25) is 9.69 Å². The summed E-state index contributed by atoms with van der Waals surface area (Å²) in [4.78, 5) is 13.4. The molecule has 0 aromatic heterocycles. The molecule has 0 aliphatic carbocycles. The minimum Gasteiger partial charge on any atom is -0.496 e. The van der Waals surface area contributed by atoms with Crippen molar-refractivity contribution < 1.29 is 14.6 Å². The monoisotopic (exact) mass is 277 g/mol.